The summed E-state index contributed by atoms with van der Waals surface area (Å²) in [6.45, 7) is 1.87. The number of aromatic amines is 1. The fourth-order valence-corrected chi connectivity index (χ4v) is 2.80. The number of pyridine rings is 1. The van der Waals surface area contributed by atoms with Crippen molar-refractivity contribution in [2.24, 2.45) is 4.99 Å². The maximum atomic E-state index is 6.10. The van der Waals surface area contributed by atoms with Crippen molar-refractivity contribution in [1.29, 1.82) is 0 Å². The van der Waals surface area contributed by atoms with Gasteiger partial charge >= 0.3 is 0 Å². The van der Waals surface area contributed by atoms with E-state index in [0.717, 1.165) is 39.4 Å². The zero-order valence-corrected chi connectivity index (χ0v) is 13.8. The summed E-state index contributed by atoms with van der Waals surface area (Å²) in [7, 11) is 0. The molecule has 2 aromatic heterocycles. The summed E-state index contributed by atoms with van der Waals surface area (Å²) in [6, 6.07) is 17.8. The molecular weight excluding hydrogens is 310 g/mol. The van der Waals surface area contributed by atoms with E-state index >= 15 is 0 Å². The van der Waals surface area contributed by atoms with Crippen molar-refractivity contribution in [3.8, 4) is 22.6 Å². The highest BCUT2D eigenvalue weighted by molar-refractivity contribution is 5.85. The molecule has 0 aliphatic heterocycles. The van der Waals surface area contributed by atoms with Gasteiger partial charge in [-0.15, -0.1) is 0 Å². The zero-order chi connectivity index (χ0) is 17.2. The van der Waals surface area contributed by atoms with E-state index < -0.39 is 0 Å². The lowest BCUT2D eigenvalue weighted by Gasteiger charge is -2.05. The first-order valence-corrected chi connectivity index (χ1v) is 8.04. The number of anilines is 1. The van der Waals surface area contributed by atoms with Crippen molar-refractivity contribution >= 4 is 28.6 Å². The summed E-state index contributed by atoms with van der Waals surface area (Å²) in [5, 5.41) is 0. The number of aliphatic imine (C=N–C) groups is 1. The molecule has 2 heterocycles. The number of hydrogen-bond donors (Lipinski definition) is 2. The molecule has 0 amide bonds. The van der Waals surface area contributed by atoms with E-state index in [-0.39, 0.29) is 0 Å². The Hall–Kier alpha value is -3.47. The van der Waals surface area contributed by atoms with Crippen LogP contribution in [0.25, 0.3) is 33.7 Å². The zero-order valence-electron chi connectivity index (χ0n) is 13.8. The average Bonchev–Trinajstić information content (AvgIpc) is 3.07. The molecule has 0 spiro atoms. The molecule has 0 aliphatic carbocycles. The van der Waals surface area contributed by atoms with Crippen LogP contribution in [0.15, 0.2) is 65.8 Å². The normalized spacial score (nSPS) is 11.4. The number of nitrogens with two attached hydrogens (primary N) is 1. The molecule has 4 aromatic rings. The van der Waals surface area contributed by atoms with E-state index in [2.05, 4.69) is 26.0 Å². The molecule has 0 radical (unpaired) electrons. The van der Waals surface area contributed by atoms with E-state index in [1.807, 2.05) is 55.5 Å². The van der Waals surface area contributed by atoms with Gasteiger partial charge in [-0.25, -0.2) is 4.98 Å². The number of H-pyrrole nitrogens is 1. The maximum Gasteiger partial charge on any atom is 0.157 e. The summed E-state index contributed by atoms with van der Waals surface area (Å²) in [5.74, 6) is 0.764. The summed E-state index contributed by atoms with van der Waals surface area (Å²) in [5.41, 5.74) is 12.4. The molecule has 122 valence electrons. The highest BCUT2D eigenvalue weighted by Crippen LogP contribution is 2.30. The average molecular weight is 327 g/mol. The van der Waals surface area contributed by atoms with Gasteiger partial charge in [0, 0.05) is 12.4 Å². The SMILES string of the molecule is CC=Nc1ccc(-c2ccc3nc(-c4ccccn4)[nH]c3c2)cc1N. The minimum Gasteiger partial charge on any atom is -0.397 e. The number of hydrogen-bond acceptors (Lipinski definition) is 4. The van der Waals surface area contributed by atoms with Gasteiger partial charge in [-0.3, -0.25) is 9.98 Å². The first kappa shape index (κ1) is 15.1. The maximum absolute atomic E-state index is 6.10. The van der Waals surface area contributed by atoms with Crippen LogP contribution in [0.3, 0.4) is 0 Å². The Morgan fingerprint density at radius 2 is 1.88 bits per heavy atom. The van der Waals surface area contributed by atoms with Crippen LogP contribution in [0.1, 0.15) is 6.92 Å². The molecule has 25 heavy (non-hydrogen) atoms. The molecule has 0 aliphatic rings. The quantitative estimate of drug-likeness (QED) is 0.426. The van der Waals surface area contributed by atoms with E-state index in [4.69, 9.17) is 5.73 Å². The van der Waals surface area contributed by atoms with Gasteiger partial charge in [0.2, 0.25) is 0 Å². The minimum absolute atomic E-state index is 0.662. The van der Waals surface area contributed by atoms with Gasteiger partial charge in [-0.2, -0.15) is 0 Å². The van der Waals surface area contributed by atoms with Crippen LogP contribution in [-0.2, 0) is 0 Å². The Bertz CT molecular complexity index is 1060. The van der Waals surface area contributed by atoms with Gasteiger partial charge in [0.1, 0.15) is 5.69 Å². The molecule has 0 saturated carbocycles. The lowest BCUT2D eigenvalue weighted by molar-refractivity contribution is 1.24. The lowest BCUT2D eigenvalue weighted by atomic mass is 10.0. The summed E-state index contributed by atoms with van der Waals surface area (Å²) < 4.78 is 0. The largest absolute Gasteiger partial charge is 0.397 e. The Kier molecular flexibility index (Phi) is 3.74. The highest BCUT2D eigenvalue weighted by atomic mass is 14.9. The van der Waals surface area contributed by atoms with Crippen LogP contribution in [0.4, 0.5) is 11.4 Å². The van der Waals surface area contributed by atoms with E-state index in [0.29, 0.717) is 5.69 Å². The number of nitrogen functional groups attached to an aromatic ring is 1. The molecule has 0 atom stereocenters. The Balaban J connectivity index is 1.75. The van der Waals surface area contributed by atoms with Crippen LogP contribution < -0.4 is 5.73 Å². The van der Waals surface area contributed by atoms with Gasteiger partial charge < -0.3 is 10.7 Å². The first-order valence-electron chi connectivity index (χ1n) is 8.04. The van der Waals surface area contributed by atoms with Gasteiger partial charge in [-0.1, -0.05) is 18.2 Å². The van der Waals surface area contributed by atoms with Crippen molar-refractivity contribution in [2.45, 2.75) is 6.92 Å². The fourth-order valence-electron chi connectivity index (χ4n) is 2.80. The molecule has 5 heteroatoms. The third-order valence-corrected chi connectivity index (χ3v) is 4.02. The molecule has 0 unspecified atom stereocenters. The second-order valence-electron chi connectivity index (χ2n) is 5.69. The van der Waals surface area contributed by atoms with Gasteiger partial charge in [0.25, 0.3) is 0 Å². The standard InChI is InChI=1S/C20H17N5/c1-2-22-16-8-6-13(11-15(16)21)14-7-9-17-19(12-14)25-20(24-17)18-5-3-4-10-23-18/h2-12H,21H2,1H3,(H,24,25). The fraction of sp³-hybridized carbons (Fsp3) is 0.0500. The predicted molar refractivity (Wildman–Crippen MR) is 103 cm³/mol. The molecule has 0 bridgehead atoms. The number of benzene rings is 2. The van der Waals surface area contributed by atoms with E-state index in [1.165, 1.54) is 0 Å². The molecule has 3 N–H and O–H groups in total. The van der Waals surface area contributed by atoms with Gasteiger partial charge in [0.05, 0.1) is 22.4 Å². The third-order valence-electron chi connectivity index (χ3n) is 4.02. The third kappa shape index (κ3) is 2.87. The highest BCUT2D eigenvalue weighted by Gasteiger charge is 2.08. The second-order valence-corrected chi connectivity index (χ2v) is 5.69. The predicted octanol–water partition coefficient (Wildman–Crippen LogP) is 4.60. The number of imidazole rings is 1. The Morgan fingerprint density at radius 3 is 2.64 bits per heavy atom. The van der Waals surface area contributed by atoms with Crippen LogP contribution in [-0.4, -0.2) is 21.2 Å². The molecular formula is C20H17N5. The minimum atomic E-state index is 0.662. The van der Waals surface area contributed by atoms with Crippen LogP contribution in [0.5, 0.6) is 0 Å². The number of fused-ring (bicyclic) bond motifs is 1. The van der Waals surface area contributed by atoms with Crippen LogP contribution in [0, 0.1) is 0 Å². The Labute approximate surface area is 145 Å². The summed E-state index contributed by atoms with van der Waals surface area (Å²) in [6.07, 6.45) is 3.50. The molecule has 2 aromatic carbocycles. The number of rotatable bonds is 3. The van der Waals surface area contributed by atoms with Crippen LogP contribution >= 0.6 is 0 Å². The van der Waals surface area contributed by atoms with Crippen molar-refractivity contribution in [2.75, 3.05) is 5.73 Å². The van der Waals surface area contributed by atoms with E-state index in [9.17, 15) is 0 Å². The van der Waals surface area contributed by atoms with Crippen molar-refractivity contribution in [3.05, 3.63) is 60.8 Å². The number of aromatic nitrogens is 3. The van der Waals surface area contributed by atoms with Crippen LogP contribution in [0.2, 0.25) is 0 Å². The van der Waals surface area contributed by atoms with Gasteiger partial charge in [0.15, 0.2) is 5.82 Å². The monoisotopic (exact) mass is 327 g/mol. The topological polar surface area (TPSA) is 80.0 Å². The summed E-state index contributed by atoms with van der Waals surface area (Å²) >= 11 is 0. The number of nitrogens with zero attached hydrogens (tertiary/aromatic N) is 3. The van der Waals surface area contributed by atoms with E-state index in [1.54, 1.807) is 12.4 Å². The first-order chi connectivity index (χ1) is 12.2. The Morgan fingerprint density at radius 1 is 1.04 bits per heavy atom. The van der Waals surface area contributed by atoms with Crippen molar-refractivity contribution in [3.63, 3.8) is 0 Å². The smallest absolute Gasteiger partial charge is 0.157 e. The van der Waals surface area contributed by atoms with Gasteiger partial charge in [-0.05, 0) is 54.4 Å². The second kappa shape index (κ2) is 6.20. The molecule has 4 rings (SSSR count). The number of nitrogens with one attached hydrogen (secondary N) is 1. The van der Waals surface area contributed by atoms with Crippen molar-refractivity contribution in [1.82, 2.24) is 15.0 Å². The molecule has 0 saturated heterocycles. The molecule has 5 nitrogen and oxygen atoms in total. The lowest BCUT2D eigenvalue weighted by Crippen LogP contribution is -1.87. The molecule has 0 fully saturated rings. The van der Waals surface area contributed by atoms with Crippen molar-refractivity contribution < 1.29 is 0 Å². The summed E-state index contributed by atoms with van der Waals surface area (Å²) in [4.78, 5) is 16.5.